The molecule has 0 heterocycles. The molecule has 0 bridgehead atoms. The SMILES string of the molecule is COc1cc(Cl)cc(Oc2ccc(C#N)cc2S(C)=O)c1. The first-order valence-corrected chi connectivity index (χ1v) is 7.87. The molecule has 1 atom stereocenters. The molecule has 108 valence electrons. The molecule has 0 aliphatic rings. The molecule has 2 rings (SSSR count). The van der Waals surface area contributed by atoms with Crippen LogP contribution in [0.1, 0.15) is 5.56 Å². The summed E-state index contributed by atoms with van der Waals surface area (Å²) in [6.45, 7) is 0. The maximum atomic E-state index is 11.8. The summed E-state index contributed by atoms with van der Waals surface area (Å²) < 4.78 is 22.6. The fourth-order valence-electron chi connectivity index (χ4n) is 1.73. The summed E-state index contributed by atoms with van der Waals surface area (Å²) in [7, 11) is 0.253. The zero-order valence-electron chi connectivity index (χ0n) is 11.4. The first-order valence-electron chi connectivity index (χ1n) is 5.93. The lowest BCUT2D eigenvalue weighted by Gasteiger charge is -2.11. The molecule has 0 saturated carbocycles. The van der Waals surface area contributed by atoms with Crippen molar-refractivity contribution in [1.29, 1.82) is 5.26 Å². The van der Waals surface area contributed by atoms with Crippen molar-refractivity contribution < 1.29 is 13.7 Å². The molecule has 1 unspecified atom stereocenters. The molecule has 0 fully saturated rings. The molecule has 0 radical (unpaired) electrons. The maximum absolute atomic E-state index is 11.8. The quantitative estimate of drug-likeness (QED) is 0.860. The Balaban J connectivity index is 2.42. The maximum Gasteiger partial charge on any atom is 0.143 e. The van der Waals surface area contributed by atoms with Crippen molar-refractivity contribution in [1.82, 2.24) is 0 Å². The van der Waals surface area contributed by atoms with Crippen molar-refractivity contribution in [3.05, 3.63) is 47.0 Å². The number of ether oxygens (including phenoxy) is 2. The van der Waals surface area contributed by atoms with Crippen LogP contribution in [0.25, 0.3) is 0 Å². The second-order valence-electron chi connectivity index (χ2n) is 4.16. The van der Waals surface area contributed by atoms with Gasteiger partial charge in [-0.2, -0.15) is 5.26 Å². The second kappa shape index (κ2) is 6.61. The van der Waals surface area contributed by atoms with Crippen LogP contribution in [0.15, 0.2) is 41.3 Å². The summed E-state index contributed by atoms with van der Waals surface area (Å²) >= 11 is 5.98. The third-order valence-corrected chi connectivity index (χ3v) is 3.85. The fraction of sp³-hybridized carbons (Fsp3) is 0.133. The number of hydrogen-bond acceptors (Lipinski definition) is 4. The fourth-order valence-corrected chi connectivity index (χ4v) is 2.63. The van der Waals surface area contributed by atoms with Gasteiger partial charge >= 0.3 is 0 Å². The van der Waals surface area contributed by atoms with Crippen molar-refractivity contribution in [2.24, 2.45) is 0 Å². The van der Waals surface area contributed by atoms with Crippen LogP contribution in [0.4, 0.5) is 0 Å². The van der Waals surface area contributed by atoms with Crippen molar-refractivity contribution in [2.75, 3.05) is 13.4 Å². The van der Waals surface area contributed by atoms with Crippen LogP contribution in [0.5, 0.6) is 17.2 Å². The van der Waals surface area contributed by atoms with E-state index in [0.29, 0.717) is 32.7 Å². The lowest BCUT2D eigenvalue weighted by atomic mass is 10.2. The van der Waals surface area contributed by atoms with Gasteiger partial charge in [-0.25, -0.2) is 0 Å². The molecule has 0 aliphatic carbocycles. The lowest BCUT2D eigenvalue weighted by Crippen LogP contribution is -1.95. The van der Waals surface area contributed by atoms with Crippen LogP contribution >= 0.6 is 11.6 Å². The summed E-state index contributed by atoms with van der Waals surface area (Å²) in [6, 6.07) is 11.7. The smallest absolute Gasteiger partial charge is 0.143 e. The normalized spacial score (nSPS) is 11.5. The van der Waals surface area contributed by atoms with Crippen LogP contribution in [-0.2, 0) is 10.8 Å². The van der Waals surface area contributed by atoms with E-state index >= 15 is 0 Å². The zero-order valence-corrected chi connectivity index (χ0v) is 13.0. The van der Waals surface area contributed by atoms with Gasteiger partial charge in [0.2, 0.25) is 0 Å². The summed E-state index contributed by atoms with van der Waals surface area (Å²) in [5.41, 5.74) is 0.427. The summed E-state index contributed by atoms with van der Waals surface area (Å²) in [6.07, 6.45) is 1.53. The largest absolute Gasteiger partial charge is 0.497 e. The second-order valence-corrected chi connectivity index (χ2v) is 5.94. The van der Waals surface area contributed by atoms with Gasteiger partial charge in [0.1, 0.15) is 17.2 Å². The van der Waals surface area contributed by atoms with E-state index in [2.05, 4.69) is 0 Å². The van der Waals surface area contributed by atoms with E-state index in [9.17, 15) is 4.21 Å². The number of nitrogens with zero attached hydrogens (tertiary/aromatic N) is 1. The van der Waals surface area contributed by atoms with Crippen LogP contribution in [0.3, 0.4) is 0 Å². The Bertz CT molecular complexity index is 740. The van der Waals surface area contributed by atoms with Gasteiger partial charge in [0.15, 0.2) is 0 Å². The Labute approximate surface area is 130 Å². The summed E-state index contributed by atoms with van der Waals surface area (Å²) in [5, 5.41) is 9.37. The molecule has 21 heavy (non-hydrogen) atoms. The van der Waals surface area contributed by atoms with Crippen LogP contribution in [-0.4, -0.2) is 17.6 Å². The molecular formula is C15H12ClNO3S. The van der Waals surface area contributed by atoms with E-state index in [-0.39, 0.29) is 0 Å². The Morgan fingerprint density at radius 2 is 1.90 bits per heavy atom. The molecule has 0 amide bonds. The van der Waals surface area contributed by atoms with E-state index in [0.717, 1.165) is 0 Å². The highest BCUT2D eigenvalue weighted by molar-refractivity contribution is 7.84. The third-order valence-electron chi connectivity index (χ3n) is 2.69. The lowest BCUT2D eigenvalue weighted by molar-refractivity contribution is 0.408. The molecule has 4 nitrogen and oxygen atoms in total. The monoisotopic (exact) mass is 321 g/mol. The van der Waals surface area contributed by atoms with Crippen molar-refractivity contribution in [3.63, 3.8) is 0 Å². The number of benzene rings is 2. The standard InChI is InChI=1S/C15H12ClNO3S/c1-19-12-6-11(16)7-13(8-12)20-14-4-3-10(9-17)5-15(14)21(2)18/h3-8H,1-2H3. The number of rotatable bonds is 4. The summed E-state index contributed by atoms with van der Waals surface area (Å²) in [5.74, 6) is 1.44. The molecular weight excluding hydrogens is 310 g/mol. The van der Waals surface area contributed by atoms with Crippen LogP contribution in [0, 0.1) is 11.3 Å². The molecule has 2 aromatic carbocycles. The number of methoxy groups -OCH3 is 1. The predicted molar refractivity (Wildman–Crippen MR) is 81.6 cm³/mol. The van der Waals surface area contributed by atoms with Gasteiger partial charge in [-0.15, -0.1) is 0 Å². The van der Waals surface area contributed by atoms with Gasteiger partial charge in [0.25, 0.3) is 0 Å². The molecule has 0 aliphatic heterocycles. The van der Waals surface area contributed by atoms with Crippen LogP contribution in [0.2, 0.25) is 5.02 Å². The minimum absolute atomic E-state index is 0.416. The Kier molecular flexibility index (Phi) is 4.84. The molecule has 0 N–H and O–H groups in total. The number of hydrogen-bond donors (Lipinski definition) is 0. The van der Waals surface area contributed by atoms with Gasteiger partial charge in [0.05, 0.1) is 34.4 Å². The van der Waals surface area contributed by atoms with E-state index in [1.165, 1.54) is 13.4 Å². The topological polar surface area (TPSA) is 59.3 Å². The number of nitriles is 1. The van der Waals surface area contributed by atoms with Gasteiger partial charge < -0.3 is 9.47 Å². The minimum atomic E-state index is -1.28. The Morgan fingerprint density at radius 3 is 2.52 bits per heavy atom. The first kappa shape index (κ1) is 15.4. The zero-order chi connectivity index (χ0) is 15.4. The summed E-state index contributed by atoms with van der Waals surface area (Å²) in [4.78, 5) is 0.452. The van der Waals surface area contributed by atoms with Crippen molar-refractivity contribution in [3.8, 4) is 23.3 Å². The van der Waals surface area contributed by atoms with Crippen LogP contribution < -0.4 is 9.47 Å². The molecule has 2 aromatic rings. The molecule has 0 spiro atoms. The van der Waals surface area contributed by atoms with Crippen molar-refractivity contribution >= 4 is 22.4 Å². The highest BCUT2D eigenvalue weighted by Gasteiger charge is 2.11. The Morgan fingerprint density at radius 1 is 1.19 bits per heavy atom. The average molecular weight is 322 g/mol. The predicted octanol–water partition coefficient (Wildman–Crippen LogP) is 3.75. The third kappa shape index (κ3) is 3.75. The molecule has 0 aromatic heterocycles. The van der Waals surface area contributed by atoms with Gasteiger partial charge in [-0.05, 0) is 30.3 Å². The van der Waals surface area contributed by atoms with E-state index in [1.807, 2.05) is 6.07 Å². The Hall–Kier alpha value is -2.03. The van der Waals surface area contributed by atoms with Crippen molar-refractivity contribution in [2.45, 2.75) is 4.90 Å². The van der Waals surface area contributed by atoms with Gasteiger partial charge in [-0.1, -0.05) is 11.6 Å². The van der Waals surface area contributed by atoms with E-state index < -0.39 is 10.8 Å². The minimum Gasteiger partial charge on any atom is -0.497 e. The highest BCUT2D eigenvalue weighted by atomic mass is 35.5. The molecule has 6 heteroatoms. The average Bonchev–Trinajstić information content (AvgIpc) is 2.46. The van der Waals surface area contributed by atoms with E-state index in [4.69, 9.17) is 26.3 Å². The van der Waals surface area contributed by atoms with Gasteiger partial charge in [-0.3, -0.25) is 4.21 Å². The highest BCUT2D eigenvalue weighted by Crippen LogP contribution is 2.32. The van der Waals surface area contributed by atoms with E-state index in [1.54, 1.807) is 36.4 Å². The number of halogens is 1. The first-order chi connectivity index (χ1) is 10.0. The van der Waals surface area contributed by atoms with Gasteiger partial charge in [0, 0.05) is 17.3 Å². The molecule has 0 saturated heterocycles.